The molecule has 0 radical (unpaired) electrons. The predicted molar refractivity (Wildman–Crippen MR) is 73.1 cm³/mol. The van der Waals surface area contributed by atoms with Crippen LogP contribution in [0, 0.1) is 10.8 Å². The van der Waals surface area contributed by atoms with E-state index in [-0.39, 0.29) is 11.3 Å². The molecule has 0 aromatic heterocycles. The highest BCUT2D eigenvalue weighted by atomic mass is 16.5. The van der Waals surface area contributed by atoms with Crippen molar-refractivity contribution in [1.82, 2.24) is 0 Å². The van der Waals surface area contributed by atoms with Gasteiger partial charge in [-0.2, -0.15) is 0 Å². The van der Waals surface area contributed by atoms with Crippen LogP contribution in [0.2, 0.25) is 0 Å². The molecule has 0 saturated carbocycles. The molecule has 1 aromatic rings. The first kappa shape index (κ1) is 14.5. The van der Waals surface area contributed by atoms with E-state index < -0.39 is 0 Å². The summed E-state index contributed by atoms with van der Waals surface area (Å²) in [6, 6.07) is 9.65. The van der Waals surface area contributed by atoms with Crippen molar-refractivity contribution >= 4 is 5.84 Å². The van der Waals surface area contributed by atoms with Gasteiger partial charge in [-0.25, -0.2) is 0 Å². The lowest BCUT2D eigenvalue weighted by molar-refractivity contribution is 0.0875. The van der Waals surface area contributed by atoms with E-state index in [0.29, 0.717) is 19.8 Å². The van der Waals surface area contributed by atoms with Gasteiger partial charge in [0.2, 0.25) is 0 Å². The predicted octanol–water partition coefficient (Wildman–Crippen LogP) is 2.43. The standard InChI is InChI=1S/C14H22N2O2/c1-14(2,13(15)16)8-9-17-10-11-18-12-6-4-3-5-7-12/h3-7H,8-11H2,1-2H3,(H3,15,16). The molecule has 0 bridgehead atoms. The lowest BCUT2D eigenvalue weighted by Crippen LogP contribution is -2.32. The van der Waals surface area contributed by atoms with Crippen LogP contribution in [0.25, 0.3) is 0 Å². The van der Waals surface area contributed by atoms with Crippen LogP contribution in [0.1, 0.15) is 20.3 Å². The molecule has 18 heavy (non-hydrogen) atoms. The Bertz CT molecular complexity index is 363. The highest BCUT2D eigenvalue weighted by Crippen LogP contribution is 2.19. The lowest BCUT2D eigenvalue weighted by Gasteiger charge is -2.22. The van der Waals surface area contributed by atoms with Gasteiger partial charge in [-0.15, -0.1) is 0 Å². The molecule has 3 N–H and O–H groups in total. The SMILES string of the molecule is CC(C)(CCOCCOc1ccccc1)C(=N)N. The van der Waals surface area contributed by atoms with Gasteiger partial charge < -0.3 is 15.2 Å². The molecule has 0 saturated heterocycles. The van der Waals surface area contributed by atoms with E-state index in [1.807, 2.05) is 44.2 Å². The van der Waals surface area contributed by atoms with E-state index in [9.17, 15) is 0 Å². The molecule has 0 atom stereocenters. The van der Waals surface area contributed by atoms with Crippen LogP contribution in [0.15, 0.2) is 30.3 Å². The summed E-state index contributed by atoms with van der Waals surface area (Å²) in [6.45, 7) is 5.55. The number of hydrogen-bond acceptors (Lipinski definition) is 3. The molecule has 0 aliphatic heterocycles. The molecular weight excluding hydrogens is 228 g/mol. The number of hydrogen-bond donors (Lipinski definition) is 2. The summed E-state index contributed by atoms with van der Waals surface area (Å²) in [7, 11) is 0. The van der Waals surface area contributed by atoms with Crippen LogP contribution in [0.3, 0.4) is 0 Å². The van der Waals surface area contributed by atoms with E-state index in [0.717, 1.165) is 12.2 Å². The second-order valence-corrected chi connectivity index (χ2v) is 4.82. The number of amidine groups is 1. The molecule has 0 spiro atoms. The zero-order chi connectivity index (χ0) is 13.4. The molecule has 0 unspecified atom stereocenters. The topological polar surface area (TPSA) is 68.3 Å². The molecule has 4 heteroatoms. The van der Waals surface area contributed by atoms with Crippen molar-refractivity contribution in [3.8, 4) is 5.75 Å². The summed E-state index contributed by atoms with van der Waals surface area (Å²) in [5.74, 6) is 1.05. The van der Waals surface area contributed by atoms with Gasteiger partial charge in [-0.3, -0.25) is 5.41 Å². The second-order valence-electron chi connectivity index (χ2n) is 4.82. The molecule has 4 nitrogen and oxygen atoms in total. The quantitative estimate of drug-likeness (QED) is 0.423. The second kappa shape index (κ2) is 7.01. The molecular formula is C14H22N2O2. The van der Waals surface area contributed by atoms with Crippen LogP contribution < -0.4 is 10.5 Å². The minimum absolute atomic E-state index is 0.201. The van der Waals surface area contributed by atoms with Gasteiger partial charge in [0.1, 0.15) is 12.4 Å². The number of para-hydroxylation sites is 1. The number of ether oxygens (including phenoxy) is 2. The monoisotopic (exact) mass is 250 g/mol. The highest BCUT2D eigenvalue weighted by Gasteiger charge is 2.20. The van der Waals surface area contributed by atoms with E-state index in [4.69, 9.17) is 20.6 Å². The van der Waals surface area contributed by atoms with Crippen LogP contribution in [0.5, 0.6) is 5.75 Å². The smallest absolute Gasteiger partial charge is 0.119 e. The maximum Gasteiger partial charge on any atom is 0.119 e. The Morgan fingerprint density at radius 2 is 1.83 bits per heavy atom. The summed E-state index contributed by atoms with van der Waals surface area (Å²) >= 11 is 0. The largest absolute Gasteiger partial charge is 0.491 e. The molecule has 100 valence electrons. The van der Waals surface area contributed by atoms with Gasteiger partial charge in [0.25, 0.3) is 0 Å². The fourth-order valence-electron chi connectivity index (χ4n) is 1.30. The van der Waals surface area contributed by atoms with Crippen LogP contribution in [-0.4, -0.2) is 25.7 Å². The summed E-state index contributed by atoms with van der Waals surface area (Å²) in [6.07, 6.45) is 0.744. The molecule has 0 aliphatic rings. The van der Waals surface area contributed by atoms with E-state index in [2.05, 4.69) is 0 Å². The van der Waals surface area contributed by atoms with Crippen molar-refractivity contribution in [2.24, 2.45) is 11.1 Å². The van der Waals surface area contributed by atoms with E-state index >= 15 is 0 Å². The number of rotatable bonds is 8. The third-order valence-electron chi connectivity index (χ3n) is 2.84. The van der Waals surface area contributed by atoms with Crippen LogP contribution >= 0.6 is 0 Å². The first-order valence-corrected chi connectivity index (χ1v) is 6.12. The minimum Gasteiger partial charge on any atom is -0.491 e. The molecule has 1 rings (SSSR count). The van der Waals surface area contributed by atoms with Crippen molar-refractivity contribution in [3.05, 3.63) is 30.3 Å². The van der Waals surface area contributed by atoms with Gasteiger partial charge >= 0.3 is 0 Å². The van der Waals surface area contributed by atoms with Crippen molar-refractivity contribution < 1.29 is 9.47 Å². The maximum atomic E-state index is 7.42. The normalized spacial score (nSPS) is 11.2. The summed E-state index contributed by atoms with van der Waals surface area (Å²) in [5.41, 5.74) is 5.20. The van der Waals surface area contributed by atoms with Crippen molar-refractivity contribution in [3.63, 3.8) is 0 Å². The van der Waals surface area contributed by atoms with Crippen LogP contribution in [0.4, 0.5) is 0 Å². The van der Waals surface area contributed by atoms with Crippen LogP contribution in [-0.2, 0) is 4.74 Å². The Morgan fingerprint density at radius 3 is 2.44 bits per heavy atom. The van der Waals surface area contributed by atoms with Gasteiger partial charge in [-0.1, -0.05) is 32.0 Å². The fraction of sp³-hybridized carbons (Fsp3) is 0.500. The number of benzene rings is 1. The van der Waals surface area contributed by atoms with Gasteiger partial charge in [0.05, 0.1) is 12.4 Å². The van der Waals surface area contributed by atoms with Crippen molar-refractivity contribution in [2.75, 3.05) is 19.8 Å². The Hall–Kier alpha value is -1.55. The highest BCUT2D eigenvalue weighted by molar-refractivity contribution is 5.82. The van der Waals surface area contributed by atoms with Gasteiger partial charge in [0, 0.05) is 12.0 Å². The van der Waals surface area contributed by atoms with Crippen molar-refractivity contribution in [1.29, 1.82) is 5.41 Å². The third kappa shape index (κ3) is 5.19. The Balaban J connectivity index is 2.08. The average molecular weight is 250 g/mol. The Kier molecular flexibility index (Phi) is 5.65. The first-order valence-electron chi connectivity index (χ1n) is 6.12. The molecule has 0 heterocycles. The summed E-state index contributed by atoms with van der Waals surface area (Å²) < 4.78 is 11.0. The maximum absolute atomic E-state index is 7.42. The van der Waals surface area contributed by atoms with Crippen molar-refractivity contribution in [2.45, 2.75) is 20.3 Å². The zero-order valence-electron chi connectivity index (χ0n) is 11.1. The zero-order valence-corrected chi connectivity index (χ0v) is 11.1. The summed E-state index contributed by atoms with van der Waals surface area (Å²) in [4.78, 5) is 0. The Labute approximate surface area is 109 Å². The Morgan fingerprint density at radius 1 is 1.17 bits per heavy atom. The molecule has 0 aliphatic carbocycles. The minimum atomic E-state index is -0.291. The fourth-order valence-corrected chi connectivity index (χ4v) is 1.30. The molecule has 0 amide bonds. The lowest BCUT2D eigenvalue weighted by atomic mass is 9.89. The third-order valence-corrected chi connectivity index (χ3v) is 2.84. The van der Waals surface area contributed by atoms with E-state index in [1.165, 1.54) is 0 Å². The molecule has 0 fully saturated rings. The summed E-state index contributed by atoms with van der Waals surface area (Å²) in [5, 5.41) is 7.42. The van der Waals surface area contributed by atoms with Gasteiger partial charge in [-0.05, 0) is 18.6 Å². The number of nitrogens with one attached hydrogen (secondary N) is 1. The number of nitrogens with two attached hydrogens (primary N) is 1. The average Bonchev–Trinajstić information content (AvgIpc) is 2.34. The van der Waals surface area contributed by atoms with Gasteiger partial charge in [0.15, 0.2) is 0 Å². The first-order chi connectivity index (χ1) is 8.52. The van der Waals surface area contributed by atoms with E-state index in [1.54, 1.807) is 0 Å². The molecule has 1 aromatic carbocycles.